The van der Waals surface area contributed by atoms with Crippen LogP contribution in [0.3, 0.4) is 0 Å². The van der Waals surface area contributed by atoms with Crippen LogP contribution in [0.5, 0.6) is 0 Å². The van der Waals surface area contributed by atoms with Crippen LogP contribution in [0.4, 0.5) is 8.78 Å². The highest BCUT2D eigenvalue weighted by Gasteiger charge is 2.39. The van der Waals surface area contributed by atoms with Gasteiger partial charge in [0.15, 0.2) is 0 Å². The number of ether oxygens (including phenoxy) is 1. The second kappa shape index (κ2) is 9.92. The van der Waals surface area contributed by atoms with E-state index < -0.39 is 14.7 Å². The van der Waals surface area contributed by atoms with Gasteiger partial charge in [-0.25, -0.2) is 13.8 Å². The van der Waals surface area contributed by atoms with Crippen molar-refractivity contribution in [2.24, 2.45) is 5.92 Å². The SMILES string of the molecule is C[SiH](C)C(C)(C)CO[C@@H](CC(c1sccc1Br)n1ccnc1)C1CCC(F)(F)CC1. The third kappa shape index (κ3) is 6.02. The maximum atomic E-state index is 13.8. The largest absolute Gasteiger partial charge is 0.378 e. The maximum Gasteiger partial charge on any atom is 0.248 e. The van der Waals surface area contributed by atoms with Crippen molar-refractivity contribution in [3.8, 4) is 0 Å². The number of alkyl halides is 2. The average Bonchev–Trinajstić information content (AvgIpc) is 3.34. The van der Waals surface area contributed by atoms with Crippen LogP contribution in [-0.2, 0) is 4.74 Å². The molecule has 1 unspecified atom stereocenters. The molecule has 0 amide bonds. The van der Waals surface area contributed by atoms with Gasteiger partial charge in [-0.2, -0.15) is 0 Å². The van der Waals surface area contributed by atoms with Crippen LogP contribution in [0.25, 0.3) is 0 Å². The molecule has 1 aliphatic rings. The average molecular weight is 520 g/mol. The number of thiophene rings is 1. The van der Waals surface area contributed by atoms with Gasteiger partial charge in [-0.05, 0) is 57.6 Å². The minimum atomic E-state index is -2.52. The van der Waals surface area contributed by atoms with Crippen LogP contribution >= 0.6 is 27.3 Å². The Morgan fingerprint density at radius 2 is 2.07 bits per heavy atom. The molecule has 1 fully saturated rings. The van der Waals surface area contributed by atoms with Crippen LogP contribution < -0.4 is 0 Å². The number of rotatable bonds is 9. The van der Waals surface area contributed by atoms with E-state index in [1.807, 2.05) is 12.5 Å². The number of nitrogens with zero attached hydrogens (tertiary/aromatic N) is 2. The highest BCUT2D eigenvalue weighted by atomic mass is 79.9. The molecule has 0 aromatic carbocycles. The van der Waals surface area contributed by atoms with Gasteiger partial charge in [-0.15, -0.1) is 11.3 Å². The predicted molar refractivity (Wildman–Crippen MR) is 127 cm³/mol. The third-order valence-corrected chi connectivity index (χ3v) is 12.1. The van der Waals surface area contributed by atoms with Crippen molar-refractivity contribution in [1.29, 1.82) is 0 Å². The van der Waals surface area contributed by atoms with Crippen LogP contribution in [0.15, 0.2) is 34.6 Å². The number of halogens is 3. The molecule has 0 saturated heterocycles. The summed E-state index contributed by atoms with van der Waals surface area (Å²) >= 11 is 5.39. The Balaban J connectivity index is 1.83. The molecule has 1 aliphatic carbocycles. The van der Waals surface area contributed by atoms with Gasteiger partial charge in [0, 0.05) is 50.0 Å². The van der Waals surface area contributed by atoms with E-state index in [1.54, 1.807) is 17.5 Å². The van der Waals surface area contributed by atoms with E-state index in [0.717, 1.165) is 10.9 Å². The molecule has 8 heteroatoms. The Morgan fingerprint density at radius 3 is 2.60 bits per heavy atom. The zero-order valence-corrected chi connectivity index (χ0v) is 21.8. The number of aromatic nitrogens is 2. The number of hydrogen-bond donors (Lipinski definition) is 0. The minimum absolute atomic E-state index is 0.0295. The highest BCUT2D eigenvalue weighted by molar-refractivity contribution is 9.10. The molecule has 30 heavy (non-hydrogen) atoms. The Bertz CT molecular complexity index is 787. The fourth-order valence-corrected chi connectivity index (χ4v) is 6.09. The quantitative estimate of drug-likeness (QED) is 0.329. The summed E-state index contributed by atoms with van der Waals surface area (Å²) in [6.07, 6.45) is 7.33. The normalized spacial score (nSPS) is 19.9. The smallest absolute Gasteiger partial charge is 0.248 e. The molecule has 0 radical (unpaired) electrons. The van der Waals surface area contributed by atoms with E-state index in [-0.39, 0.29) is 35.9 Å². The van der Waals surface area contributed by atoms with Crippen molar-refractivity contribution < 1.29 is 13.5 Å². The molecule has 2 aromatic rings. The zero-order valence-electron chi connectivity index (χ0n) is 18.3. The summed E-state index contributed by atoms with van der Waals surface area (Å²) in [5.74, 6) is -2.36. The lowest BCUT2D eigenvalue weighted by Crippen LogP contribution is -2.37. The lowest BCUT2D eigenvalue weighted by Gasteiger charge is -2.38. The monoisotopic (exact) mass is 518 g/mol. The molecule has 3 nitrogen and oxygen atoms in total. The lowest BCUT2D eigenvalue weighted by atomic mass is 9.81. The van der Waals surface area contributed by atoms with Gasteiger partial charge in [0.25, 0.3) is 0 Å². The first-order valence-corrected chi connectivity index (χ1v) is 15.3. The van der Waals surface area contributed by atoms with E-state index in [2.05, 4.69) is 63.9 Å². The van der Waals surface area contributed by atoms with Gasteiger partial charge in [0.1, 0.15) is 0 Å². The fraction of sp³-hybridized carbons (Fsp3) is 0.682. The van der Waals surface area contributed by atoms with Gasteiger partial charge in [-0.1, -0.05) is 26.9 Å². The Kier molecular flexibility index (Phi) is 7.96. The Morgan fingerprint density at radius 1 is 1.37 bits per heavy atom. The van der Waals surface area contributed by atoms with Gasteiger partial charge >= 0.3 is 0 Å². The fourth-order valence-electron chi connectivity index (χ4n) is 3.90. The highest BCUT2D eigenvalue weighted by Crippen LogP contribution is 2.43. The molecule has 2 heterocycles. The standard InChI is InChI=1S/C22H33BrF2N2OSSi/c1-21(2,30(3)4)14-28-19(16-5-8-22(24,25)9-6-16)13-18(27-11-10-26-15-27)20-17(23)7-12-29-20/h7,10-12,15-16,18-19,30H,5-6,8-9,13-14H2,1-4H3/t18?,19-/m0/s1. The van der Waals surface area contributed by atoms with Gasteiger partial charge in [0.05, 0.1) is 18.5 Å². The molecule has 0 N–H and O–H groups in total. The molecule has 0 aliphatic heterocycles. The van der Waals surface area contributed by atoms with E-state index in [9.17, 15) is 8.78 Å². The molecule has 0 spiro atoms. The van der Waals surface area contributed by atoms with Gasteiger partial charge < -0.3 is 9.30 Å². The maximum absolute atomic E-state index is 13.8. The van der Waals surface area contributed by atoms with Gasteiger partial charge in [-0.3, -0.25) is 0 Å². The van der Waals surface area contributed by atoms with Crippen molar-refractivity contribution >= 4 is 36.1 Å². The number of imidazole rings is 1. The van der Waals surface area contributed by atoms with Crippen molar-refractivity contribution in [3.05, 3.63) is 39.5 Å². The molecule has 2 atom stereocenters. The van der Waals surface area contributed by atoms with Gasteiger partial charge in [0.2, 0.25) is 5.92 Å². The Labute approximate surface area is 193 Å². The van der Waals surface area contributed by atoms with Crippen molar-refractivity contribution in [3.63, 3.8) is 0 Å². The predicted octanol–water partition coefficient (Wildman–Crippen LogP) is 7.16. The summed E-state index contributed by atoms with van der Waals surface area (Å²) in [6.45, 7) is 9.93. The Hall–Kier alpha value is -0.573. The van der Waals surface area contributed by atoms with E-state index >= 15 is 0 Å². The van der Waals surface area contributed by atoms with E-state index in [0.29, 0.717) is 19.4 Å². The van der Waals surface area contributed by atoms with Crippen molar-refractivity contribution in [1.82, 2.24) is 9.55 Å². The molecular weight excluding hydrogens is 486 g/mol. The van der Waals surface area contributed by atoms with E-state index in [1.165, 1.54) is 4.88 Å². The lowest BCUT2D eigenvalue weighted by molar-refractivity contribution is -0.0808. The third-order valence-electron chi connectivity index (χ3n) is 6.81. The van der Waals surface area contributed by atoms with Crippen LogP contribution in [0.1, 0.15) is 56.9 Å². The van der Waals surface area contributed by atoms with Crippen molar-refractivity contribution in [2.45, 2.75) is 82.2 Å². The first-order valence-electron chi connectivity index (χ1n) is 10.8. The molecule has 1 saturated carbocycles. The summed E-state index contributed by atoms with van der Waals surface area (Å²) < 4.78 is 37.4. The summed E-state index contributed by atoms with van der Waals surface area (Å²) in [7, 11) is -0.911. The topological polar surface area (TPSA) is 27.1 Å². The second-order valence-electron chi connectivity index (χ2n) is 9.58. The first kappa shape index (κ1) is 24.1. The summed E-state index contributed by atoms with van der Waals surface area (Å²) in [6, 6.07) is 2.14. The first-order chi connectivity index (χ1) is 14.1. The van der Waals surface area contributed by atoms with Crippen LogP contribution in [0, 0.1) is 5.92 Å². The summed E-state index contributed by atoms with van der Waals surface area (Å²) in [4.78, 5) is 5.47. The van der Waals surface area contributed by atoms with Crippen LogP contribution in [-0.4, -0.2) is 37.0 Å². The zero-order chi connectivity index (χ0) is 21.9. The molecule has 2 aromatic heterocycles. The second-order valence-corrected chi connectivity index (χ2v) is 15.3. The van der Waals surface area contributed by atoms with Crippen molar-refractivity contribution in [2.75, 3.05) is 6.61 Å². The van der Waals surface area contributed by atoms with E-state index in [4.69, 9.17) is 4.74 Å². The minimum Gasteiger partial charge on any atom is -0.378 e. The molecule has 168 valence electrons. The summed E-state index contributed by atoms with van der Waals surface area (Å²) in [5.41, 5.74) is 0. The molecule has 3 rings (SSSR count). The molecular formula is C22H33BrF2N2OSSi. The number of hydrogen-bond acceptors (Lipinski definition) is 3. The van der Waals surface area contributed by atoms with Crippen LogP contribution in [0.2, 0.25) is 18.1 Å². The summed E-state index contributed by atoms with van der Waals surface area (Å²) in [5, 5.41) is 2.25. The molecule has 0 bridgehead atoms.